The lowest BCUT2D eigenvalue weighted by Gasteiger charge is -2.15. The third kappa shape index (κ3) is 7.15. The van der Waals surface area contributed by atoms with Crippen molar-refractivity contribution in [3.8, 4) is 39.7 Å². The summed E-state index contributed by atoms with van der Waals surface area (Å²) in [5.41, 5.74) is 4.04. The molecule has 0 aliphatic carbocycles. The van der Waals surface area contributed by atoms with Gasteiger partial charge in [0.15, 0.2) is 11.6 Å². The molecule has 0 amide bonds. The van der Waals surface area contributed by atoms with E-state index >= 15 is 0 Å². The van der Waals surface area contributed by atoms with Crippen molar-refractivity contribution in [3.63, 3.8) is 0 Å². The van der Waals surface area contributed by atoms with Crippen molar-refractivity contribution in [2.45, 2.75) is 26.7 Å². The minimum absolute atomic E-state index is 0.0267. The lowest BCUT2D eigenvalue weighted by atomic mass is 10.0. The highest BCUT2D eigenvalue weighted by Crippen LogP contribution is 2.41. The Labute approximate surface area is 260 Å². The van der Waals surface area contributed by atoms with E-state index < -0.39 is 22.9 Å². The molecule has 5 aromatic rings. The summed E-state index contributed by atoms with van der Waals surface area (Å²) in [5, 5.41) is 9.40. The molecule has 0 aliphatic rings. The number of fused-ring (bicyclic) bond motifs is 1. The van der Waals surface area contributed by atoms with Gasteiger partial charge >= 0.3 is 0 Å². The lowest BCUT2D eigenvalue weighted by molar-refractivity contribution is 0.232. The molecule has 2 aromatic heterocycles. The van der Waals surface area contributed by atoms with E-state index in [0.717, 1.165) is 28.3 Å². The van der Waals surface area contributed by atoms with E-state index in [1.807, 2.05) is 26.0 Å². The first kappa shape index (κ1) is 32.0. The van der Waals surface area contributed by atoms with Gasteiger partial charge in [-0.2, -0.15) is 0 Å². The summed E-state index contributed by atoms with van der Waals surface area (Å²) in [4.78, 5) is 13.3. The monoisotopic (exact) mass is 637 g/mol. The molecular weight excluding hydrogens is 606 g/mol. The van der Waals surface area contributed by atoms with E-state index in [1.165, 1.54) is 10.6 Å². The first-order valence-electron chi connectivity index (χ1n) is 14.1. The number of rotatable bonds is 12. The first-order valence-corrected chi connectivity index (χ1v) is 15.2. The molecule has 45 heavy (non-hydrogen) atoms. The van der Waals surface area contributed by atoms with Crippen LogP contribution in [0.1, 0.15) is 23.1 Å². The summed E-state index contributed by atoms with van der Waals surface area (Å²) in [7, 11) is 1.60. The molecule has 2 heterocycles. The van der Waals surface area contributed by atoms with E-state index in [9.17, 15) is 22.3 Å². The first-order chi connectivity index (χ1) is 21.5. The van der Waals surface area contributed by atoms with Crippen molar-refractivity contribution in [1.82, 2.24) is 9.29 Å². The van der Waals surface area contributed by atoms with Gasteiger partial charge in [-0.25, -0.2) is 13.5 Å². The predicted octanol–water partition coefficient (Wildman–Crippen LogP) is 5.84. The van der Waals surface area contributed by atoms with Crippen molar-refractivity contribution in [2.24, 2.45) is 7.05 Å². The Hall–Kier alpha value is -4.36. The van der Waals surface area contributed by atoms with Gasteiger partial charge in [0.2, 0.25) is 0 Å². The second kappa shape index (κ2) is 13.7. The molecule has 12 heteroatoms. The molecule has 236 valence electrons. The Bertz CT molecular complexity index is 1930. The van der Waals surface area contributed by atoms with Crippen molar-refractivity contribution in [3.05, 3.63) is 99.5 Å². The van der Waals surface area contributed by atoms with Crippen LogP contribution >= 0.6 is 0 Å². The fourth-order valence-electron chi connectivity index (χ4n) is 5.13. The van der Waals surface area contributed by atoms with Gasteiger partial charge in [0, 0.05) is 66.8 Å². The van der Waals surface area contributed by atoms with Gasteiger partial charge in [0.05, 0.1) is 12.0 Å². The third-order valence-electron chi connectivity index (χ3n) is 7.23. The number of furan rings is 1. The summed E-state index contributed by atoms with van der Waals surface area (Å²) < 4.78 is 72.1. The molecule has 1 atom stereocenters. The zero-order chi connectivity index (χ0) is 32.2. The number of nitrogens with one attached hydrogen (secondary N) is 1. The molecule has 0 radical (unpaired) electrons. The fourth-order valence-corrected chi connectivity index (χ4v) is 5.40. The smallest absolute Gasteiger partial charge is 0.261 e. The fraction of sp³-hybridized carbons (Fsp3) is 0.242. The number of halogens is 2. The number of pyridine rings is 1. The summed E-state index contributed by atoms with van der Waals surface area (Å²) >= 11 is -2.43. The van der Waals surface area contributed by atoms with Crippen LogP contribution in [0.15, 0.2) is 70.0 Å². The van der Waals surface area contributed by atoms with Gasteiger partial charge in [-0.1, -0.05) is 6.07 Å². The van der Waals surface area contributed by atoms with E-state index in [2.05, 4.69) is 4.72 Å². The third-order valence-corrected chi connectivity index (χ3v) is 7.67. The molecule has 0 saturated carbocycles. The largest absolute Gasteiger partial charge is 0.760 e. The maximum absolute atomic E-state index is 14.6. The van der Waals surface area contributed by atoms with Crippen LogP contribution in [0, 0.1) is 25.5 Å². The van der Waals surface area contributed by atoms with E-state index in [4.69, 9.17) is 19.0 Å². The van der Waals surface area contributed by atoms with E-state index in [1.54, 1.807) is 37.5 Å². The number of hydrogen-bond acceptors (Lipinski definition) is 7. The Morgan fingerprint density at radius 3 is 2.44 bits per heavy atom. The van der Waals surface area contributed by atoms with Gasteiger partial charge < -0.3 is 28.1 Å². The highest BCUT2D eigenvalue weighted by atomic mass is 32.2. The molecule has 9 nitrogen and oxygen atoms in total. The van der Waals surface area contributed by atoms with Gasteiger partial charge in [-0.3, -0.25) is 9.00 Å². The maximum Gasteiger partial charge on any atom is 0.261 e. The molecule has 5 rings (SSSR count). The summed E-state index contributed by atoms with van der Waals surface area (Å²) in [6, 6.07) is 13.5. The highest BCUT2D eigenvalue weighted by molar-refractivity contribution is 7.77. The molecule has 1 unspecified atom stereocenters. The molecule has 0 bridgehead atoms. The standard InChI is InChI=1S/C33H32F2N2O7S/c1-19-13-22(14-20(2)31(19)42-12-4-11-38)30-17-25-32(44-30)26(18-37(3)33(25)39)24-15-21(9-10-36-45(40)41)5-7-28(24)43-29-8-6-23(34)16-27(29)35/h5-8,13-18,36,38H,4,9-12H2,1-3H3,(H,40,41)/p-1. The van der Waals surface area contributed by atoms with Gasteiger partial charge in [0.25, 0.3) is 5.56 Å². The Morgan fingerprint density at radius 1 is 1.02 bits per heavy atom. The average Bonchev–Trinajstić information content (AvgIpc) is 3.44. The number of aryl methyl sites for hydroxylation is 3. The molecule has 0 spiro atoms. The summed E-state index contributed by atoms with van der Waals surface area (Å²) in [6.07, 6.45) is 2.42. The molecule has 0 fully saturated rings. The zero-order valence-electron chi connectivity index (χ0n) is 24.8. The Balaban J connectivity index is 1.64. The van der Waals surface area contributed by atoms with E-state index in [-0.39, 0.29) is 35.8 Å². The second-order valence-corrected chi connectivity index (χ2v) is 11.3. The molecule has 0 saturated heterocycles. The highest BCUT2D eigenvalue weighted by Gasteiger charge is 2.21. The van der Waals surface area contributed by atoms with Crippen LogP contribution in [-0.4, -0.2) is 38.2 Å². The number of benzene rings is 3. The van der Waals surface area contributed by atoms with Crippen LogP contribution in [-0.2, 0) is 24.7 Å². The van der Waals surface area contributed by atoms with Gasteiger partial charge in [-0.05, 0) is 79.4 Å². The number of hydrogen-bond donors (Lipinski definition) is 2. The van der Waals surface area contributed by atoms with Crippen LogP contribution in [0.2, 0.25) is 0 Å². The van der Waals surface area contributed by atoms with Crippen molar-refractivity contribution >= 4 is 22.2 Å². The Morgan fingerprint density at radius 2 is 1.76 bits per heavy atom. The quantitative estimate of drug-likeness (QED) is 0.130. The number of aliphatic hydroxyl groups is 1. The summed E-state index contributed by atoms with van der Waals surface area (Å²) in [6.45, 7) is 4.34. The number of aromatic nitrogens is 1. The minimum Gasteiger partial charge on any atom is -0.760 e. The van der Waals surface area contributed by atoms with Crippen LogP contribution in [0.4, 0.5) is 8.78 Å². The average molecular weight is 638 g/mol. The number of nitrogens with zero attached hydrogens (tertiary/aromatic N) is 1. The zero-order valence-corrected chi connectivity index (χ0v) is 25.6. The lowest BCUT2D eigenvalue weighted by Crippen LogP contribution is -2.19. The van der Waals surface area contributed by atoms with Gasteiger partial charge in [0.1, 0.15) is 28.7 Å². The molecule has 3 aromatic carbocycles. The minimum atomic E-state index is -2.43. The number of ether oxygens (including phenoxy) is 2. The summed E-state index contributed by atoms with van der Waals surface area (Å²) in [5.74, 6) is -0.500. The van der Waals surface area contributed by atoms with Gasteiger partial charge in [-0.15, -0.1) is 0 Å². The normalized spacial score (nSPS) is 12.1. The SMILES string of the molecule is Cc1cc(-c2cc3c(=O)n(C)cc(-c4cc(CCNS(=O)[O-])ccc4Oc4ccc(F)cc4F)c3o2)cc(C)c1OCCCO. The van der Waals surface area contributed by atoms with Crippen molar-refractivity contribution in [1.29, 1.82) is 0 Å². The Kier molecular flexibility index (Phi) is 9.78. The van der Waals surface area contributed by atoms with Crippen LogP contribution < -0.4 is 19.8 Å². The topological polar surface area (TPSA) is 126 Å². The molecule has 0 aliphatic heterocycles. The van der Waals surface area contributed by atoms with Crippen molar-refractivity contribution < 1.29 is 36.5 Å². The van der Waals surface area contributed by atoms with Crippen LogP contribution in [0.3, 0.4) is 0 Å². The predicted molar refractivity (Wildman–Crippen MR) is 166 cm³/mol. The maximum atomic E-state index is 14.6. The van der Waals surface area contributed by atoms with E-state index in [0.29, 0.717) is 53.5 Å². The second-order valence-electron chi connectivity index (χ2n) is 10.6. The van der Waals surface area contributed by atoms with Crippen LogP contribution in [0.5, 0.6) is 17.2 Å². The van der Waals surface area contributed by atoms with Crippen molar-refractivity contribution in [2.75, 3.05) is 19.8 Å². The molecular formula is C33H31F2N2O7S-. The molecule has 2 N–H and O–H groups in total. The van der Waals surface area contributed by atoms with Crippen LogP contribution in [0.25, 0.3) is 33.4 Å². The number of aliphatic hydroxyl groups excluding tert-OH is 1.